The van der Waals surface area contributed by atoms with Gasteiger partial charge in [-0.15, -0.1) is 0 Å². The highest BCUT2D eigenvalue weighted by atomic mass is 32.2. The van der Waals surface area contributed by atoms with Gasteiger partial charge in [-0.05, 0) is 31.0 Å². The van der Waals surface area contributed by atoms with Gasteiger partial charge >= 0.3 is 0 Å². The molecule has 106 valence electrons. The number of halogens is 2. The molecule has 3 nitrogen and oxygen atoms in total. The van der Waals surface area contributed by atoms with E-state index in [0.717, 1.165) is 6.07 Å². The third-order valence-electron chi connectivity index (χ3n) is 3.84. The fourth-order valence-electron chi connectivity index (χ4n) is 2.65. The lowest BCUT2D eigenvalue weighted by atomic mass is 9.91. The number of benzene rings is 1. The Hall–Kier alpha value is -1.01. The van der Waals surface area contributed by atoms with Gasteiger partial charge in [0.15, 0.2) is 9.84 Å². The molecule has 1 heterocycles. The Morgan fingerprint density at radius 2 is 1.89 bits per heavy atom. The van der Waals surface area contributed by atoms with Gasteiger partial charge in [-0.2, -0.15) is 0 Å². The first-order chi connectivity index (χ1) is 8.80. The predicted octanol–water partition coefficient (Wildman–Crippen LogP) is 2.43. The molecule has 0 spiro atoms. The van der Waals surface area contributed by atoms with Crippen LogP contribution in [-0.2, 0) is 9.84 Å². The Morgan fingerprint density at radius 1 is 1.26 bits per heavy atom. The maximum Gasteiger partial charge on any atom is 0.184 e. The molecule has 6 heteroatoms. The van der Waals surface area contributed by atoms with Crippen molar-refractivity contribution in [2.45, 2.75) is 37.0 Å². The molecular formula is C13H17F2NO2S. The molecule has 1 aliphatic rings. The number of rotatable bonds is 2. The van der Waals surface area contributed by atoms with Gasteiger partial charge in [-0.1, -0.05) is 13.8 Å². The smallest absolute Gasteiger partial charge is 0.184 e. The highest BCUT2D eigenvalue weighted by Crippen LogP contribution is 2.41. The molecule has 0 fully saturated rings. The van der Waals surface area contributed by atoms with E-state index < -0.39 is 26.7 Å². The highest BCUT2D eigenvalue weighted by Gasteiger charge is 2.43. The average Bonchev–Trinajstić information content (AvgIpc) is 2.31. The van der Waals surface area contributed by atoms with Crippen molar-refractivity contribution < 1.29 is 17.2 Å². The zero-order chi connectivity index (χ0) is 14.4. The maximum absolute atomic E-state index is 13.9. The van der Waals surface area contributed by atoms with E-state index in [4.69, 9.17) is 0 Å². The average molecular weight is 289 g/mol. The fraction of sp³-hybridized carbons (Fsp3) is 0.538. The summed E-state index contributed by atoms with van der Waals surface area (Å²) >= 11 is 0. The second-order valence-electron chi connectivity index (χ2n) is 4.95. The van der Waals surface area contributed by atoms with Crippen LogP contribution in [0.4, 0.5) is 8.78 Å². The van der Waals surface area contributed by atoms with E-state index in [2.05, 4.69) is 5.32 Å². The molecule has 1 aromatic carbocycles. The Kier molecular flexibility index (Phi) is 3.66. The van der Waals surface area contributed by atoms with Crippen LogP contribution in [0.25, 0.3) is 0 Å². The molecule has 2 rings (SSSR count). The molecule has 19 heavy (non-hydrogen) atoms. The van der Waals surface area contributed by atoms with Gasteiger partial charge in [0.1, 0.15) is 16.5 Å². The molecule has 1 aromatic rings. The SMILES string of the molecule is CCNC1c2cc(F)cc(F)c2S(=O)(=O)C(C)C1C. The Labute approximate surface area is 111 Å². The molecule has 0 radical (unpaired) electrons. The summed E-state index contributed by atoms with van der Waals surface area (Å²) in [6, 6.07) is 1.39. The van der Waals surface area contributed by atoms with E-state index in [1.807, 2.05) is 6.92 Å². The number of sulfone groups is 1. The molecule has 3 unspecified atom stereocenters. The van der Waals surface area contributed by atoms with Crippen molar-refractivity contribution in [3.05, 3.63) is 29.3 Å². The van der Waals surface area contributed by atoms with Crippen LogP contribution < -0.4 is 5.32 Å². The second-order valence-corrected chi connectivity index (χ2v) is 7.19. The van der Waals surface area contributed by atoms with Crippen LogP contribution in [0.15, 0.2) is 17.0 Å². The van der Waals surface area contributed by atoms with Crippen LogP contribution in [0.3, 0.4) is 0 Å². The first-order valence-corrected chi connectivity index (χ1v) is 7.81. The van der Waals surface area contributed by atoms with Gasteiger partial charge in [-0.3, -0.25) is 0 Å². The van der Waals surface area contributed by atoms with Gasteiger partial charge in [0.05, 0.1) is 5.25 Å². The predicted molar refractivity (Wildman–Crippen MR) is 68.6 cm³/mol. The summed E-state index contributed by atoms with van der Waals surface area (Å²) in [5.41, 5.74) is 0.199. The van der Waals surface area contributed by atoms with Gasteiger partial charge in [-0.25, -0.2) is 17.2 Å². The number of hydrogen-bond donors (Lipinski definition) is 1. The Balaban J connectivity index is 2.75. The molecule has 3 atom stereocenters. The molecule has 0 aliphatic carbocycles. The van der Waals surface area contributed by atoms with Crippen molar-refractivity contribution >= 4 is 9.84 Å². The zero-order valence-electron chi connectivity index (χ0n) is 11.1. The van der Waals surface area contributed by atoms with Gasteiger partial charge < -0.3 is 5.32 Å². The summed E-state index contributed by atoms with van der Waals surface area (Å²) in [5.74, 6) is -2.01. The van der Waals surface area contributed by atoms with E-state index in [1.165, 1.54) is 0 Å². The van der Waals surface area contributed by atoms with E-state index in [-0.39, 0.29) is 22.4 Å². The van der Waals surface area contributed by atoms with Crippen LogP contribution >= 0.6 is 0 Å². The Morgan fingerprint density at radius 3 is 2.47 bits per heavy atom. The second kappa shape index (κ2) is 4.83. The van der Waals surface area contributed by atoms with E-state index >= 15 is 0 Å². The van der Waals surface area contributed by atoms with Crippen LogP contribution in [-0.4, -0.2) is 20.2 Å². The van der Waals surface area contributed by atoms with Gasteiger partial charge in [0.25, 0.3) is 0 Å². The van der Waals surface area contributed by atoms with Crippen LogP contribution in [0.2, 0.25) is 0 Å². The summed E-state index contributed by atoms with van der Waals surface area (Å²) in [6.07, 6.45) is 0. The summed E-state index contributed by atoms with van der Waals surface area (Å²) in [6.45, 7) is 5.81. The largest absolute Gasteiger partial charge is 0.310 e. The molecule has 0 amide bonds. The minimum atomic E-state index is -3.75. The molecule has 0 saturated heterocycles. The Bertz CT molecular complexity index is 601. The molecule has 1 N–H and O–H groups in total. The lowest BCUT2D eigenvalue weighted by molar-refractivity contribution is 0.356. The van der Waals surface area contributed by atoms with Crippen molar-refractivity contribution in [3.63, 3.8) is 0 Å². The monoisotopic (exact) mass is 289 g/mol. The molecule has 0 bridgehead atoms. The minimum absolute atomic E-state index is 0.199. The number of hydrogen-bond acceptors (Lipinski definition) is 3. The number of fused-ring (bicyclic) bond motifs is 1. The van der Waals surface area contributed by atoms with E-state index in [1.54, 1.807) is 13.8 Å². The van der Waals surface area contributed by atoms with Crippen LogP contribution in [0, 0.1) is 17.6 Å². The topological polar surface area (TPSA) is 46.2 Å². The van der Waals surface area contributed by atoms with Crippen molar-refractivity contribution in [1.82, 2.24) is 5.32 Å². The molecule has 0 aromatic heterocycles. The van der Waals surface area contributed by atoms with Crippen molar-refractivity contribution in [2.24, 2.45) is 5.92 Å². The standard InChI is InChI=1S/C13H17F2NO2S/c1-4-16-12-7(2)8(3)19(17,18)13-10(12)5-9(14)6-11(13)15/h5-8,12,16H,4H2,1-3H3. The van der Waals surface area contributed by atoms with Crippen LogP contribution in [0.1, 0.15) is 32.4 Å². The van der Waals surface area contributed by atoms with Crippen molar-refractivity contribution in [3.8, 4) is 0 Å². The summed E-state index contributed by atoms with van der Waals surface area (Å²) in [4.78, 5) is -0.356. The minimum Gasteiger partial charge on any atom is -0.310 e. The third-order valence-corrected chi connectivity index (χ3v) is 6.24. The fourth-order valence-corrected chi connectivity index (χ4v) is 4.59. The summed E-state index contributed by atoms with van der Waals surface area (Å²) in [7, 11) is -3.75. The van der Waals surface area contributed by atoms with Crippen LogP contribution in [0.5, 0.6) is 0 Å². The lowest BCUT2D eigenvalue weighted by Crippen LogP contribution is -2.42. The summed E-state index contributed by atoms with van der Waals surface area (Å²) < 4.78 is 51.9. The normalized spacial score (nSPS) is 29.0. The zero-order valence-corrected chi connectivity index (χ0v) is 11.9. The first kappa shape index (κ1) is 14.4. The quantitative estimate of drug-likeness (QED) is 0.851. The number of nitrogens with one attached hydrogen (secondary N) is 1. The van der Waals surface area contributed by atoms with Crippen molar-refractivity contribution in [1.29, 1.82) is 0 Å². The van der Waals surface area contributed by atoms with Crippen molar-refractivity contribution in [2.75, 3.05) is 6.54 Å². The van der Waals surface area contributed by atoms with Gasteiger partial charge in [0, 0.05) is 12.1 Å². The maximum atomic E-state index is 13.9. The van der Waals surface area contributed by atoms with E-state index in [9.17, 15) is 17.2 Å². The van der Waals surface area contributed by atoms with Gasteiger partial charge in [0.2, 0.25) is 0 Å². The first-order valence-electron chi connectivity index (χ1n) is 6.27. The molecule has 1 aliphatic heterocycles. The van der Waals surface area contributed by atoms with E-state index in [0.29, 0.717) is 12.6 Å². The molecule has 0 saturated carbocycles. The third kappa shape index (κ3) is 2.17. The lowest BCUT2D eigenvalue weighted by Gasteiger charge is -2.36. The summed E-state index contributed by atoms with van der Waals surface area (Å²) in [5, 5.41) is 2.41. The molecular weight excluding hydrogens is 272 g/mol. The highest BCUT2D eigenvalue weighted by molar-refractivity contribution is 7.92.